The Labute approximate surface area is 106 Å². The molecule has 1 aromatic heterocycles. The minimum atomic E-state index is -0.281. The molecule has 1 fully saturated rings. The van der Waals surface area contributed by atoms with Gasteiger partial charge in [0.25, 0.3) is 5.91 Å². The van der Waals surface area contributed by atoms with E-state index in [0.29, 0.717) is 31.0 Å². The Bertz CT molecular complexity index is 405. The number of methoxy groups -OCH3 is 1. The number of carbonyl (C=O) groups is 1. The lowest BCUT2D eigenvalue weighted by Gasteiger charge is -2.20. The molecule has 0 unspecified atom stereocenters. The van der Waals surface area contributed by atoms with Crippen molar-refractivity contribution in [2.24, 2.45) is 0 Å². The van der Waals surface area contributed by atoms with Crippen LogP contribution < -0.4 is 4.74 Å². The van der Waals surface area contributed by atoms with Crippen LogP contribution in [0, 0.1) is 0 Å². The highest BCUT2D eigenvalue weighted by molar-refractivity contribution is 5.94. The number of rotatable bonds is 2. The van der Waals surface area contributed by atoms with Gasteiger partial charge in [0.1, 0.15) is 0 Å². The van der Waals surface area contributed by atoms with Crippen molar-refractivity contribution >= 4 is 5.91 Å². The highest BCUT2D eigenvalue weighted by Crippen LogP contribution is 2.14. The topological polar surface area (TPSA) is 62.7 Å². The summed E-state index contributed by atoms with van der Waals surface area (Å²) >= 11 is 0. The van der Waals surface area contributed by atoms with Gasteiger partial charge in [-0.2, -0.15) is 0 Å². The molecular formula is C13H18N2O3. The average Bonchev–Trinajstić information content (AvgIpc) is 2.63. The first-order valence-electron chi connectivity index (χ1n) is 6.18. The van der Waals surface area contributed by atoms with Crippen LogP contribution in [0.3, 0.4) is 0 Å². The third kappa shape index (κ3) is 2.98. The van der Waals surface area contributed by atoms with Crippen molar-refractivity contribution in [3.05, 3.63) is 23.9 Å². The van der Waals surface area contributed by atoms with E-state index in [0.717, 1.165) is 12.8 Å². The second kappa shape index (κ2) is 5.82. The van der Waals surface area contributed by atoms with Crippen molar-refractivity contribution in [3.8, 4) is 5.88 Å². The molecule has 98 valence electrons. The number of amides is 1. The molecule has 0 aromatic carbocycles. The van der Waals surface area contributed by atoms with Crippen molar-refractivity contribution in [3.63, 3.8) is 0 Å². The Morgan fingerprint density at radius 3 is 2.94 bits per heavy atom. The van der Waals surface area contributed by atoms with Crippen molar-refractivity contribution in [2.45, 2.75) is 25.4 Å². The van der Waals surface area contributed by atoms with E-state index in [-0.39, 0.29) is 12.0 Å². The Morgan fingerprint density at radius 1 is 1.44 bits per heavy atom. The largest absolute Gasteiger partial charge is 0.481 e. The number of hydrogen-bond donors (Lipinski definition) is 1. The first kappa shape index (κ1) is 12.8. The predicted octanol–water partition coefficient (Wildman–Crippen LogP) is 1.08. The monoisotopic (exact) mass is 250 g/mol. The maximum absolute atomic E-state index is 12.2. The Kier molecular flexibility index (Phi) is 4.15. The van der Waals surface area contributed by atoms with Crippen LogP contribution in [0.1, 0.15) is 29.6 Å². The molecule has 1 aliphatic rings. The molecule has 1 N–H and O–H groups in total. The van der Waals surface area contributed by atoms with Gasteiger partial charge >= 0.3 is 0 Å². The van der Waals surface area contributed by atoms with Crippen LogP contribution in [-0.2, 0) is 0 Å². The molecule has 1 aliphatic heterocycles. The van der Waals surface area contributed by atoms with Crippen molar-refractivity contribution in [2.75, 3.05) is 20.2 Å². The Balaban J connectivity index is 2.05. The number of aliphatic hydroxyl groups excluding tert-OH is 1. The molecule has 5 heteroatoms. The molecule has 0 spiro atoms. The van der Waals surface area contributed by atoms with E-state index in [1.165, 1.54) is 6.20 Å². The van der Waals surface area contributed by atoms with Crippen LogP contribution in [0.5, 0.6) is 5.88 Å². The maximum atomic E-state index is 12.2. The minimum absolute atomic E-state index is 0.0285. The summed E-state index contributed by atoms with van der Waals surface area (Å²) in [4.78, 5) is 18.0. The summed E-state index contributed by atoms with van der Waals surface area (Å²) in [5.74, 6) is 0.470. The van der Waals surface area contributed by atoms with Gasteiger partial charge in [-0.15, -0.1) is 0 Å². The van der Waals surface area contributed by atoms with E-state index in [1.54, 1.807) is 24.1 Å². The van der Waals surface area contributed by atoms with Crippen LogP contribution in [0.4, 0.5) is 0 Å². The lowest BCUT2D eigenvalue weighted by Crippen LogP contribution is -2.32. The van der Waals surface area contributed by atoms with Crippen LogP contribution in [0.25, 0.3) is 0 Å². The van der Waals surface area contributed by atoms with E-state index < -0.39 is 0 Å². The van der Waals surface area contributed by atoms with Crippen molar-refractivity contribution < 1.29 is 14.6 Å². The fourth-order valence-electron chi connectivity index (χ4n) is 2.09. The molecular weight excluding hydrogens is 232 g/mol. The van der Waals surface area contributed by atoms with Crippen LogP contribution in [-0.4, -0.2) is 47.2 Å². The van der Waals surface area contributed by atoms with E-state index in [2.05, 4.69) is 4.98 Å². The summed E-state index contributed by atoms with van der Waals surface area (Å²) in [5, 5.41) is 9.56. The molecule has 2 heterocycles. The molecule has 0 aliphatic carbocycles. The molecule has 5 nitrogen and oxygen atoms in total. The Hall–Kier alpha value is -1.62. The fraction of sp³-hybridized carbons (Fsp3) is 0.538. The second-order valence-electron chi connectivity index (χ2n) is 4.47. The molecule has 1 amide bonds. The van der Waals surface area contributed by atoms with Gasteiger partial charge < -0.3 is 14.7 Å². The predicted molar refractivity (Wildman–Crippen MR) is 66.6 cm³/mol. The molecule has 0 radical (unpaired) electrons. The van der Waals surface area contributed by atoms with E-state index >= 15 is 0 Å². The van der Waals surface area contributed by atoms with Gasteiger partial charge in [-0.25, -0.2) is 4.98 Å². The lowest BCUT2D eigenvalue weighted by molar-refractivity contribution is 0.0752. The number of carbonyl (C=O) groups excluding carboxylic acids is 1. The van der Waals surface area contributed by atoms with Crippen molar-refractivity contribution in [1.82, 2.24) is 9.88 Å². The summed E-state index contributed by atoms with van der Waals surface area (Å²) in [7, 11) is 1.54. The molecule has 18 heavy (non-hydrogen) atoms. The number of aromatic nitrogens is 1. The summed E-state index contributed by atoms with van der Waals surface area (Å²) < 4.78 is 4.96. The Morgan fingerprint density at radius 2 is 2.28 bits per heavy atom. The molecule has 1 aromatic rings. The number of likely N-dealkylation sites (tertiary alicyclic amines) is 1. The van der Waals surface area contributed by atoms with E-state index in [9.17, 15) is 9.90 Å². The normalized spacial score (nSPS) is 20.3. The summed E-state index contributed by atoms with van der Waals surface area (Å²) in [6.45, 7) is 1.30. The quantitative estimate of drug-likeness (QED) is 0.853. The molecule has 0 saturated carbocycles. The highest BCUT2D eigenvalue weighted by Gasteiger charge is 2.20. The summed E-state index contributed by atoms with van der Waals surface area (Å²) in [6, 6.07) is 3.40. The van der Waals surface area contributed by atoms with Gasteiger partial charge in [-0.3, -0.25) is 4.79 Å². The zero-order valence-corrected chi connectivity index (χ0v) is 10.5. The lowest BCUT2D eigenvalue weighted by atomic mass is 10.2. The number of nitrogens with zero attached hydrogens (tertiary/aromatic N) is 2. The van der Waals surface area contributed by atoms with Crippen LogP contribution in [0.15, 0.2) is 18.3 Å². The zero-order valence-electron chi connectivity index (χ0n) is 10.5. The van der Waals surface area contributed by atoms with E-state index in [4.69, 9.17) is 4.74 Å². The fourth-order valence-corrected chi connectivity index (χ4v) is 2.09. The third-order valence-corrected chi connectivity index (χ3v) is 3.18. The summed E-state index contributed by atoms with van der Waals surface area (Å²) in [6.07, 6.45) is 3.51. The van der Waals surface area contributed by atoms with Gasteiger partial charge in [0.05, 0.1) is 18.8 Å². The van der Waals surface area contributed by atoms with Gasteiger partial charge in [-0.1, -0.05) is 0 Å². The van der Waals surface area contributed by atoms with Gasteiger partial charge in [0.2, 0.25) is 5.88 Å². The summed E-state index contributed by atoms with van der Waals surface area (Å²) in [5.41, 5.74) is 0.562. The van der Waals surface area contributed by atoms with Crippen LogP contribution >= 0.6 is 0 Å². The zero-order chi connectivity index (χ0) is 13.0. The first-order valence-corrected chi connectivity index (χ1v) is 6.18. The third-order valence-electron chi connectivity index (χ3n) is 3.18. The maximum Gasteiger partial charge on any atom is 0.255 e. The SMILES string of the molecule is COc1ccc(C(=O)N2CCC[C@H](O)CC2)cn1. The van der Waals surface area contributed by atoms with Crippen LogP contribution in [0.2, 0.25) is 0 Å². The molecule has 1 saturated heterocycles. The number of hydrogen-bond acceptors (Lipinski definition) is 4. The molecule has 1 atom stereocenters. The second-order valence-corrected chi connectivity index (χ2v) is 4.47. The smallest absolute Gasteiger partial charge is 0.255 e. The van der Waals surface area contributed by atoms with Gasteiger partial charge in [-0.05, 0) is 25.3 Å². The number of aliphatic hydroxyl groups is 1. The molecule has 2 rings (SSSR count). The molecule has 0 bridgehead atoms. The number of pyridine rings is 1. The minimum Gasteiger partial charge on any atom is -0.481 e. The number of ether oxygens (including phenoxy) is 1. The first-order chi connectivity index (χ1) is 8.70. The van der Waals surface area contributed by atoms with E-state index in [1.807, 2.05) is 0 Å². The average molecular weight is 250 g/mol. The highest BCUT2D eigenvalue weighted by atomic mass is 16.5. The van der Waals surface area contributed by atoms with Gasteiger partial charge in [0.15, 0.2) is 0 Å². The van der Waals surface area contributed by atoms with Crippen molar-refractivity contribution in [1.29, 1.82) is 0 Å². The van der Waals surface area contributed by atoms with Gasteiger partial charge in [0, 0.05) is 25.4 Å². The standard InChI is InChI=1S/C13H18N2O3/c1-18-12-5-4-10(9-14-12)13(17)15-7-2-3-11(16)6-8-15/h4-5,9,11,16H,2-3,6-8H2,1H3/t11-/m0/s1.